The molecule has 0 saturated carbocycles. The largest absolute Gasteiger partial charge is 0.391 e. The number of nitrogens with zero attached hydrogens (tertiary/aromatic N) is 1. The predicted octanol–water partition coefficient (Wildman–Crippen LogP) is 0.462. The topological polar surface area (TPSA) is 59.1 Å². The van der Waals surface area contributed by atoms with Crippen LogP contribution in [0.1, 0.15) is 18.5 Å². The zero-order valence-electron chi connectivity index (χ0n) is 6.44. The summed E-state index contributed by atoms with van der Waals surface area (Å²) in [6.07, 6.45) is 2.81. The lowest BCUT2D eigenvalue weighted by Gasteiger charge is -2.13. The fourth-order valence-electron chi connectivity index (χ4n) is 0.852. The Morgan fingerprint density at radius 3 is 2.82 bits per heavy atom. The van der Waals surface area contributed by atoms with Gasteiger partial charge in [-0.25, -0.2) is 0 Å². The van der Waals surface area contributed by atoms with Gasteiger partial charge < -0.3 is 10.8 Å². The van der Waals surface area contributed by atoms with Crippen LogP contribution in [0.3, 0.4) is 0 Å². The first-order chi connectivity index (χ1) is 5.22. The molecular weight excluding hydrogens is 140 g/mol. The number of pyridine rings is 1. The van der Waals surface area contributed by atoms with Crippen molar-refractivity contribution >= 4 is 0 Å². The van der Waals surface area contributed by atoms with E-state index < -0.39 is 6.10 Å². The Hall–Kier alpha value is -0.930. The summed E-state index contributed by atoms with van der Waals surface area (Å²) in [6.45, 7) is 1.66. The van der Waals surface area contributed by atoms with Gasteiger partial charge in [0, 0.05) is 12.4 Å². The molecule has 11 heavy (non-hydrogen) atoms. The maximum Gasteiger partial charge on any atom is 0.0705 e. The third-order valence-electron chi connectivity index (χ3n) is 1.59. The van der Waals surface area contributed by atoms with Crippen LogP contribution in [0.4, 0.5) is 0 Å². The number of rotatable bonds is 2. The zero-order valence-corrected chi connectivity index (χ0v) is 6.44. The molecule has 0 spiro atoms. The van der Waals surface area contributed by atoms with E-state index in [1.54, 1.807) is 25.4 Å². The second-order valence-electron chi connectivity index (χ2n) is 2.55. The lowest BCUT2D eigenvalue weighted by atomic mass is 10.1. The van der Waals surface area contributed by atoms with Crippen LogP contribution < -0.4 is 5.73 Å². The summed E-state index contributed by atoms with van der Waals surface area (Å²) in [7, 11) is 0. The maximum atomic E-state index is 9.12. The molecule has 0 unspecified atom stereocenters. The monoisotopic (exact) mass is 152 g/mol. The second-order valence-corrected chi connectivity index (χ2v) is 2.55. The minimum Gasteiger partial charge on any atom is -0.391 e. The average molecular weight is 152 g/mol. The molecule has 1 heterocycles. The van der Waals surface area contributed by atoms with Gasteiger partial charge in [-0.15, -0.1) is 0 Å². The number of aliphatic hydroxyl groups is 1. The average Bonchev–Trinajstić information content (AvgIpc) is 2.05. The van der Waals surface area contributed by atoms with Crippen molar-refractivity contribution in [2.75, 3.05) is 0 Å². The highest BCUT2D eigenvalue weighted by atomic mass is 16.3. The Morgan fingerprint density at radius 2 is 2.36 bits per heavy atom. The number of aromatic nitrogens is 1. The minimum absolute atomic E-state index is 0.330. The van der Waals surface area contributed by atoms with Crippen LogP contribution in [0.15, 0.2) is 24.5 Å². The van der Waals surface area contributed by atoms with Crippen molar-refractivity contribution in [3.63, 3.8) is 0 Å². The van der Waals surface area contributed by atoms with Gasteiger partial charge in [-0.3, -0.25) is 4.98 Å². The summed E-state index contributed by atoms with van der Waals surface area (Å²) in [5, 5.41) is 9.12. The standard InChI is InChI=1S/C8H12N2O/c1-6(11)8(9)7-3-2-4-10-5-7/h2-6,8,11H,9H2,1H3/t6-,8-/m0/s1. The molecule has 0 bridgehead atoms. The molecule has 0 saturated heterocycles. The van der Waals surface area contributed by atoms with Crippen LogP contribution in [0, 0.1) is 0 Å². The van der Waals surface area contributed by atoms with Crippen LogP contribution in [-0.4, -0.2) is 16.2 Å². The van der Waals surface area contributed by atoms with Gasteiger partial charge in [0.25, 0.3) is 0 Å². The summed E-state index contributed by atoms with van der Waals surface area (Å²) >= 11 is 0. The van der Waals surface area contributed by atoms with E-state index in [1.165, 1.54) is 0 Å². The molecule has 0 amide bonds. The van der Waals surface area contributed by atoms with Crippen LogP contribution >= 0.6 is 0 Å². The highest BCUT2D eigenvalue weighted by Gasteiger charge is 2.10. The van der Waals surface area contributed by atoms with E-state index in [-0.39, 0.29) is 6.04 Å². The molecular formula is C8H12N2O. The summed E-state index contributed by atoms with van der Waals surface area (Å²) in [6, 6.07) is 3.32. The number of nitrogens with two attached hydrogens (primary N) is 1. The fraction of sp³-hybridized carbons (Fsp3) is 0.375. The SMILES string of the molecule is C[C@H](O)[C@H](N)c1cccnc1. The van der Waals surface area contributed by atoms with E-state index in [2.05, 4.69) is 4.98 Å². The smallest absolute Gasteiger partial charge is 0.0705 e. The molecule has 60 valence electrons. The van der Waals surface area contributed by atoms with Crippen molar-refractivity contribution in [1.29, 1.82) is 0 Å². The van der Waals surface area contributed by atoms with E-state index in [0.717, 1.165) is 5.56 Å². The molecule has 0 fully saturated rings. The van der Waals surface area contributed by atoms with Crippen molar-refractivity contribution < 1.29 is 5.11 Å². The van der Waals surface area contributed by atoms with Crippen LogP contribution in [0.5, 0.6) is 0 Å². The van der Waals surface area contributed by atoms with Gasteiger partial charge in [0.2, 0.25) is 0 Å². The highest BCUT2D eigenvalue weighted by molar-refractivity contribution is 5.14. The van der Waals surface area contributed by atoms with Crippen LogP contribution in [0.2, 0.25) is 0 Å². The molecule has 3 heteroatoms. The summed E-state index contributed by atoms with van der Waals surface area (Å²) < 4.78 is 0. The van der Waals surface area contributed by atoms with Gasteiger partial charge in [0.1, 0.15) is 0 Å². The Labute approximate surface area is 65.9 Å². The van der Waals surface area contributed by atoms with Crippen molar-refractivity contribution in [3.05, 3.63) is 30.1 Å². The second kappa shape index (κ2) is 3.46. The minimum atomic E-state index is -0.529. The quantitative estimate of drug-likeness (QED) is 0.647. The van der Waals surface area contributed by atoms with E-state index in [9.17, 15) is 0 Å². The van der Waals surface area contributed by atoms with E-state index in [4.69, 9.17) is 10.8 Å². The number of hydrogen-bond acceptors (Lipinski definition) is 3. The summed E-state index contributed by atoms with van der Waals surface area (Å²) in [4.78, 5) is 3.90. The Kier molecular flexibility index (Phi) is 2.57. The summed E-state index contributed by atoms with van der Waals surface area (Å²) in [5.41, 5.74) is 6.51. The zero-order chi connectivity index (χ0) is 8.27. The van der Waals surface area contributed by atoms with Crippen molar-refractivity contribution in [1.82, 2.24) is 4.98 Å². The molecule has 2 atom stereocenters. The third kappa shape index (κ3) is 2.00. The summed E-state index contributed by atoms with van der Waals surface area (Å²) in [5.74, 6) is 0. The van der Waals surface area contributed by atoms with Gasteiger partial charge >= 0.3 is 0 Å². The van der Waals surface area contributed by atoms with Gasteiger partial charge in [0.05, 0.1) is 12.1 Å². The molecule has 1 rings (SSSR count). The van der Waals surface area contributed by atoms with E-state index in [0.29, 0.717) is 0 Å². The Balaban J connectivity index is 2.77. The van der Waals surface area contributed by atoms with E-state index in [1.807, 2.05) is 6.07 Å². The first-order valence-electron chi connectivity index (χ1n) is 3.55. The number of aliphatic hydroxyl groups excluding tert-OH is 1. The lowest BCUT2D eigenvalue weighted by Crippen LogP contribution is -2.23. The lowest BCUT2D eigenvalue weighted by molar-refractivity contribution is 0.164. The van der Waals surface area contributed by atoms with E-state index >= 15 is 0 Å². The molecule has 1 aromatic heterocycles. The van der Waals surface area contributed by atoms with Gasteiger partial charge in [-0.05, 0) is 18.6 Å². The maximum absolute atomic E-state index is 9.12. The molecule has 3 nitrogen and oxygen atoms in total. The Morgan fingerprint density at radius 1 is 1.64 bits per heavy atom. The van der Waals surface area contributed by atoms with Gasteiger partial charge in [0.15, 0.2) is 0 Å². The molecule has 0 radical (unpaired) electrons. The normalized spacial score (nSPS) is 15.9. The number of hydrogen-bond donors (Lipinski definition) is 2. The van der Waals surface area contributed by atoms with Gasteiger partial charge in [-0.2, -0.15) is 0 Å². The fourth-order valence-corrected chi connectivity index (χ4v) is 0.852. The highest BCUT2D eigenvalue weighted by Crippen LogP contribution is 2.11. The molecule has 0 aliphatic heterocycles. The Bertz CT molecular complexity index is 211. The molecule has 0 aliphatic carbocycles. The van der Waals surface area contributed by atoms with Crippen molar-refractivity contribution in [2.45, 2.75) is 19.1 Å². The predicted molar refractivity (Wildman–Crippen MR) is 42.8 cm³/mol. The molecule has 0 aliphatic rings. The third-order valence-corrected chi connectivity index (χ3v) is 1.59. The molecule has 3 N–H and O–H groups in total. The van der Waals surface area contributed by atoms with Crippen LogP contribution in [0.25, 0.3) is 0 Å². The van der Waals surface area contributed by atoms with Crippen molar-refractivity contribution in [3.8, 4) is 0 Å². The first kappa shape index (κ1) is 8.17. The molecule has 0 aromatic carbocycles. The van der Waals surface area contributed by atoms with Gasteiger partial charge in [-0.1, -0.05) is 6.07 Å². The molecule has 1 aromatic rings. The van der Waals surface area contributed by atoms with Crippen molar-refractivity contribution in [2.24, 2.45) is 5.73 Å². The van der Waals surface area contributed by atoms with Crippen LogP contribution in [-0.2, 0) is 0 Å². The first-order valence-corrected chi connectivity index (χ1v) is 3.55.